The molecule has 3 aromatic heterocycles. The van der Waals surface area contributed by atoms with Crippen molar-refractivity contribution in [2.75, 3.05) is 50.8 Å². The summed E-state index contributed by atoms with van der Waals surface area (Å²) in [7, 11) is 0. The maximum Gasteiger partial charge on any atom is 0.319 e. The van der Waals surface area contributed by atoms with E-state index in [0.717, 1.165) is 29.5 Å². The maximum atomic E-state index is 16.6. The fourth-order valence-electron chi connectivity index (χ4n) is 7.13. The monoisotopic (exact) mass is 667 g/mol. The van der Waals surface area contributed by atoms with Crippen molar-refractivity contribution in [1.82, 2.24) is 24.8 Å². The van der Waals surface area contributed by atoms with Crippen molar-refractivity contribution in [2.24, 2.45) is 0 Å². The van der Waals surface area contributed by atoms with Gasteiger partial charge in [-0.1, -0.05) is 30.3 Å². The summed E-state index contributed by atoms with van der Waals surface area (Å²) in [5.74, 6) is -2.33. The van der Waals surface area contributed by atoms with Crippen molar-refractivity contribution in [1.29, 1.82) is 0 Å². The van der Waals surface area contributed by atoms with Crippen LogP contribution >= 0.6 is 22.9 Å². The third-order valence-corrected chi connectivity index (χ3v) is 10.5. The second-order valence-corrected chi connectivity index (χ2v) is 13.7. The number of carbonyl (C=O) groups is 1. The highest BCUT2D eigenvalue weighted by Crippen LogP contribution is 2.42. The molecule has 7 rings (SSSR count). The van der Waals surface area contributed by atoms with E-state index >= 15 is 4.39 Å². The van der Waals surface area contributed by atoms with Crippen molar-refractivity contribution in [3.05, 3.63) is 64.4 Å². The summed E-state index contributed by atoms with van der Waals surface area (Å²) in [6.45, 7) is 12.2. The number of amides is 1. The molecule has 6 heterocycles. The van der Waals surface area contributed by atoms with Gasteiger partial charge in [0.2, 0.25) is 6.54 Å². The molecule has 0 radical (unpaired) electrons. The zero-order valence-electron chi connectivity index (χ0n) is 24.7. The fraction of sp³-hybridized carbons (Fsp3) is 0.406. The molecule has 9 nitrogen and oxygen atoms in total. The molecule has 3 atom stereocenters. The number of aromatic nitrogens is 3. The Balaban J connectivity index is 1.31. The van der Waals surface area contributed by atoms with E-state index in [2.05, 4.69) is 26.3 Å². The first-order chi connectivity index (χ1) is 22.2. The number of alkyl halides is 1. The van der Waals surface area contributed by atoms with E-state index in [1.807, 2.05) is 17.0 Å². The largest absolute Gasteiger partial charge is 0.461 e. The van der Waals surface area contributed by atoms with Crippen LogP contribution in [0.5, 0.6) is 6.01 Å². The van der Waals surface area contributed by atoms with Crippen LogP contribution in [0.1, 0.15) is 19.3 Å². The standard InChI is InChI=1S/C32H29ClF3N7O2S/c1-18(34)30(44)43-10-9-41(16-20(43)13-37-2)29-23-14-38-27(21-5-3-6-24-22(21)11-25(33)46-24)26(36)28(23)39-31(40-29)45-17-32-7-4-8-42(32)15-19(35)12-32/h3,5-6,11,14,19-20H,1,4,7-10,12-13,15-17H2/t19-,20+,32?/m1/s1. The Hall–Kier alpha value is -3.99. The predicted octanol–water partition coefficient (Wildman–Crippen LogP) is 6.07. The SMILES string of the molecule is [C-]#[N+]C[C@H]1CN(c2nc(OCC34CCCN3C[C@H](F)C4)nc3c(F)c(-c4cccc5sc(Cl)cc45)ncc23)CCN1C(=O)C(=C)F. The molecule has 14 heteroatoms. The lowest BCUT2D eigenvalue weighted by Crippen LogP contribution is -2.56. The van der Waals surface area contributed by atoms with E-state index in [9.17, 15) is 13.6 Å². The number of ether oxygens (including phenoxy) is 1. The highest BCUT2D eigenvalue weighted by molar-refractivity contribution is 7.22. The van der Waals surface area contributed by atoms with Crippen molar-refractivity contribution in [2.45, 2.75) is 37.0 Å². The Morgan fingerprint density at radius 3 is 2.89 bits per heavy atom. The van der Waals surface area contributed by atoms with Gasteiger partial charge in [-0.15, -0.1) is 11.3 Å². The van der Waals surface area contributed by atoms with Crippen LogP contribution < -0.4 is 9.64 Å². The summed E-state index contributed by atoms with van der Waals surface area (Å²) in [5.41, 5.74) is 0.146. The molecule has 1 unspecified atom stereocenters. The van der Waals surface area contributed by atoms with Crippen LogP contribution in [0.15, 0.2) is 42.9 Å². The number of piperazine rings is 1. The minimum Gasteiger partial charge on any atom is -0.461 e. The zero-order chi connectivity index (χ0) is 32.2. The molecule has 0 aliphatic carbocycles. The van der Waals surface area contributed by atoms with Crippen molar-refractivity contribution in [3.63, 3.8) is 0 Å². The van der Waals surface area contributed by atoms with E-state index in [1.54, 1.807) is 12.1 Å². The number of nitrogens with zero attached hydrogens (tertiary/aromatic N) is 7. The summed E-state index contributed by atoms with van der Waals surface area (Å²) in [6, 6.07) is 6.53. The first-order valence-corrected chi connectivity index (χ1v) is 16.2. The molecule has 0 bridgehead atoms. The van der Waals surface area contributed by atoms with Crippen LogP contribution in [0.3, 0.4) is 0 Å². The Labute approximate surface area is 272 Å². The number of hydrogen-bond acceptors (Lipinski definition) is 8. The van der Waals surface area contributed by atoms with Gasteiger partial charge in [-0.3, -0.25) is 14.7 Å². The van der Waals surface area contributed by atoms with Gasteiger partial charge in [0.15, 0.2) is 11.6 Å². The number of hydrogen-bond donors (Lipinski definition) is 0. The van der Waals surface area contributed by atoms with Gasteiger partial charge in [0.25, 0.3) is 5.91 Å². The van der Waals surface area contributed by atoms with Crippen LogP contribution in [0.2, 0.25) is 4.34 Å². The van der Waals surface area contributed by atoms with Crippen LogP contribution in [0.25, 0.3) is 37.1 Å². The lowest BCUT2D eigenvalue weighted by Gasteiger charge is -2.39. The minimum absolute atomic E-state index is 0.0173. The molecule has 3 saturated heterocycles. The van der Waals surface area contributed by atoms with Gasteiger partial charge in [-0.25, -0.2) is 19.7 Å². The molecular weight excluding hydrogens is 639 g/mol. The minimum atomic E-state index is -1.10. The second kappa shape index (κ2) is 12.0. The molecule has 0 N–H and O–H groups in total. The molecule has 0 saturated carbocycles. The highest BCUT2D eigenvalue weighted by Gasteiger charge is 2.49. The van der Waals surface area contributed by atoms with E-state index < -0.39 is 35.3 Å². The van der Waals surface area contributed by atoms with Gasteiger partial charge in [-0.05, 0) is 31.5 Å². The molecule has 3 aliphatic rings. The average Bonchev–Trinajstić information content (AvgIpc) is 3.70. The average molecular weight is 668 g/mol. The van der Waals surface area contributed by atoms with Crippen molar-refractivity contribution in [3.8, 4) is 17.3 Å². The van der Waals surface area contributed by atoms with Crippen LogP contribution in [-0.4, -0.2) is 94.3 Å². The quantitative estimate of drug-likeness (QED) is 0.175. The third kappa shape index (κ3) is 5.32. The van der Waals surface area contributed by atoms with Crippen molar-refractivity contribution < 1.29 is 22.7 Å². The van der Waals surface area contributed by atoms with E-state index in [4.69, 9.17) is 27.9 Å². The number of fused-ring (bicyclic) bond motifs is 3. The fourth-order valence-corrected chi connectivity index (χ4v) is 8.30. The van der Waals surface area contributed by atoms with E-state index in [1.165, 1.54) is 22.4 Å². The van der Waals surface area contributed by atoms with Gasteiger partial charge in [0, 0.05) is 54.4 Å². The number of thiophene rings is 1. The summed E-state index contributed by atoms with van der Waals surface area (Å²) >= 11 is 7.67. The molecule has 1 aromatic carbocycles. The second-order valence-electron chi connectivity index (χ2n) is 12.0. The lowest BCUT2D eigenvalue weighted by atomic mass is 9.95. The molecule has 3 aliphatic heterocycles. The van der Waals surface area contributed by atoms with Gasteiger partial charge in [-0.2, -0.15) is 9.97 Å². The number of benzene rings is 1. The molecule has 0 spiro atoms. The maximum absolute atomic E-state index is 16.6. The Morgan fingerprint density at radius 2 is 2.09 bits per heavy atom. The van der Waals surface area contributed by atoms with E-state index in [0.29, 0.717) is 34.1 Å². The van der Waals surface area contributed by atoms with Gasteiger partial charge >= 0.3 is 6.01 Å². The van der Waals surface area contributed by atoms with Gasteiger partial charge < -0.3 is 19.4 Å². The number of anilines is 1. The third-order valence-electron chi connectivity index (χ3n) is 9.24. The summed E-state index contributed by atoms with van der Waals surface area (Å²) in [5, 5.41) is 1.07. The van der Waals surface area contributed by atoms with Gasteiger partial charge in [0.05, 0.1) is 15.3 Å². The first kappa shape index (κ1) is 30.7. The van der Waals surface area contributed by atoms with Crippen LogP contribution in [0, 0.1) is 12.4 Å². The predicted molar refractivity (Wildman–Crippen MR) is 171 cm³/mol. The molecule has 238 valence electrons. The van der Waals surface area contributed by atoms with Crippen molar-refractivity contribution >= 4 is 55.7 Å². The molecule has 3 fully saturated rings. The molecule has 46 heavy (non-hydrogen) atoms. The smallest absolute Gasteiger partial charge is 0.319 e. The zero-order valence-corrected chi connectivity index (χ0v) is 26.3. The van der Waals surface area contributed by atoms with Crippen LogP contribution in [0.4, 0.5) is 19.0 Å². The molecule has 1 amide bonds. The van der Waals surface area contributed by atoms with Crippen LogP contribution in [-0.2, 0) is 4.79 Å². The topological polar surface area (TPSA) is 79.1 Å². The number of carbonyl (C=O) groups excluding carboxylic acids is 1. The number of rotatable bonds is 7. The summed E-state index contributed by atoms with van der Waals surface area (Å²) in [6.07, 6.45) is 2.61. The lowest BCUT2D eigenvalue weighted by molar-refractivity contribution is -0.131. The Bertz CT molecular complexity index is 1920. The number of pyridine rings is 1. The summed E-state index contributed by atoms with van der Waals surface area (Å²) in [4.78, 5) is 34.9. The van der Waals surface area contributed by atoms with Gasteiger partial charge in [0.1, 0.15) is 35.8 Å². The highest BCUT2D eigenvalue weighted by atomic mass is 35.5. The molecular formula is C32H29ClF3N7O2S. The number of halogens is 4. The summed E-state index contributed by atoms with van der Waals surface area (Å²) < 4.78 is 52.5. The van der Waals surface area contributed by atoms with E-state index in [-0.39, 0.29) is 50.0 Å². The Kier molecular flexibility index (Phi) is 7.99. The normalized spacial score (nSPS) is 23.2. The Morgan fingerprint density at radius 1 is 1.24 bits per heavy atom. The molecule has 4 aromatic rings. The first-order valence-electron chi connectivity index (χ1n) is 15.0.